The Morgan fingerprint density at radius 1 is 1.35 bits per heavy atom. The van der Waals surface area contributed by atoms with Crippen molar-refractivity contribution in [3.63, 3.8) is 0 Å². The van der Waals surface area contributed by atoms with E-state index in [9.17, 15) is 0 Å². The predicted octanol–water partition coefficient (Wildman–Crippen LogP) is 5.99. The fourth-order valence-electron chi connectivity index (χ4n) is 2.28. The van der Waals surface area contributed by atoms with Crippen LogP contribution in [0.4, 0.5) is 5.00 Å². The lowest BCUT2D eigenvalue weighted by molar-refractivity contribution is 0.866. The van der Waals surface area contributed by atoms with Gasteiger partial charge in [0, 0.05) is 15.7 Å². The molecule has 0 amide bonds. The van der Waals surface area contributed by atoms with E-state index in [1.165, 1.54) is 19.5 Å². The molecule has 5 heteroatoms. The maximum atomic E-state index is 4.69. The quantitative estimate of drug-likeness (QED) is 0.565. The zero-order chi connectivity index (χ0) is 16.2. The molecule has 3 rings (SSSR count). The molecular formula is C18H20N2S3. The molecule has 3 aromatic rings. The van der Waals surface area contributed by atoms with E-state index in [1.807, 2.05) is 11.3 Å². The van der Waals surface area contributed by atoms with Gasteiger partial charge in [-0.25, -0.2) is 0 Å². The molecule has 0 radical (unpaired) electrons. The highest BCUT2D eigenvalue weighted by Crippen LogP contribution is 2.39. The third-order valence-corrected chi connectivity index (χ3v) is 6.42. The molecule has 0 saturated carbocycles. The van der Waals surface area contributed by atoms with Crippen LogP contribution < -0.4 is 5.32 Å². The summed E-state index contributed by atoms with van der Waals surface area (Å²) in [6.07, 6.45) is 2.22. The predicted molar refractivity (Wildman–Crippen MR) is 105 cm³/mol. The van der Waals surface area contributed by atoms with Gasteiger partial charge in [-0.2, -0.15) is 4.37 Å². The van der Waals surface area contributed by atoms with Gasteiger partial charge in [-0.1, -0.05) is 45.1 Å². The van der Waals surface area contributed by atoms with Crippen LogP contribution in [0.1, 0.15) is 42.5 Å². The van der Waals surface area contributed by atoms with Crippen molar-refractivity contribution in [2.24, 2.45) is 5.92 Å². The van der Waals surface area contributed by atoms with Crippen LogP contribution in [0.25, 0.3) is 10.2 Å². The van der Waals surface area contributed by atoms with Crippen LogP contribution >= 0.6 is 34.2 Å². The molecular weight excluding hydrogens is 340 g/mol. The second-order valence-electron chi connectivity index (χ2n) is 5.70. The summed E-state index contributed by atoms with van der Waals surface area (Å²) in [7, 11) is 0. The van der Waals surface area contributed by atoms with Crippen molar-refractivity contribution in [1.82, 2.24) is 4.37 Å². The van der Waals surface area contributed by atoms with E-state index < -0.39 is 0 Å². The van der Waals surface area contributed by atoms with E-state index in [0.29, 0.717) is 5.92 Å². The summed E-state index contributed by atoms with van der Waals surface area (Å²) in [5.41, 5.74) is 2.24. The van der Waals surface area contributed by atoms with Crippen molar-refractivity contribution < 1.29 is 0 Å². The third-order valence-electron chi connectivity index (χ3n) is 3.36. The van der Waals surface area contributed by atoms with E-state index in [1.54, 1.807) is 22.9 Å². The first-order valence-electron chi connectivity index (χ1n) is 7.87. The monoisotopic (exact) mass is 360 g/mol. The molecule has 0 aliphatic rings. The number of fused-ring (bicyclic) bond motifs is 1. The lowest BCUT2D eigenvalue weighted by Crippen LogP contribution is -1.94. The summed E-state index contributed by atoms with van der Waals surface area (Å²) in [5.74, 6) is 7.07. The first kappa shape index (κ1) is 16.5. The van der Waals surface area contributed by atoms with Gasteiger partial charge < -0.3 is 5.32 Å². The third kappa shape index (κ3) is 3.77. The van der Waals surface area contributed by atoms with Crippen molar-refractivity contribution in [1.29, 1.82) is 0 Å². The van der Waals surface area contributed by atoms with Gasteiger partial charge in [0.2, 0.25) is 0 Å². The molecule has 0 aliphatic carbocycles. The Bertz CT molecular complexity index is 829. The van der Waals surface area contributed by atoms with Crippen molar-refractivity contribution in [3.05, 3.63) is 32.8 Å². The van der Waals surface area contributed by atoms with Crippen LogP contribution in [0.15, 0.2) is 17.5 Å². The summed E-state index contributed by atoms with van der Waals surface area (Å²) in [5, 5.41) is 6.84. The van der Waals surface area contributed by atoms with E-state index in [-0.39, 0.29) is 0 Å². The van der Waals surface area contributed by atoms with E-state index in [2.05, 4.69) is 59.8 Å². The van der Waals surface area contributed by atoms with Gasteiger partial charge in [0.25, 0.3) is 0 Å². The highest BCUT2D eigenvalue weighted by molar-refractivity contribution is 7.24. The summed E-state index contributed by atoms with van der Waals surface area (Å²) >= 11 is 5.19. The lowest BCUT2D eigenvalue weighted by atomic mass is 10.1. The minimum absolute atomic E-state index is 0.384. The molecule has 0 aliphatic heterocycles. The van der Waals surface area contributed by atoms with E-state index in [0.717, 1.165) is 30.5 Å². The van der Waals surface area contributed by atoms with E-state index >= 15 is 0 Å². The number of thiophene rings is 2. The van der Waals surface area contributed by atoms with Crippen LogP contribution in [-0.2, 0) is 13.0 Å². The maximum absolute atomic E-state index is 4.69. The summed E-state index contributed by atoms with van der Waals surface area (Å²) in [6.45, 7) is 7.34. The largest absolute Gasteiger partial charge is 0.370 e. The minimum atomic E-state index is 0.384. The molecule has 0 spiro atoms. The second-order valence-corrected chi connectivity index (χ2v) is 8.61. The number of rotatable bonds is 5. The Hall–Kier alpha value is -1.35. The zero-order valence-electron chi connectivity index (χ0n) is 13.6. The normalized spacial score (nSPS) is 11.0. The highest BCUT2D eigenvalue weighted by Gasteiger charge is 2.17. The Morgan fingerprint density at radius 3 is 2.91 bits per heavy atom. The first-order valence-corrected chi connectivity index (χ1v) is 10.3. The Labute approximate surface area is 149 Å². The number of hydrogen-bond acceptors (Lipinski definition) is 5. The van der Waals surface area contributed by atoms with E-state index in [4.69, 9.17) is 0 Å². The molecule has 2 nitrogen and oxygen atoms in total. The number of hydrogen-bond donors (Lipinski definition) is 1. The smallest absolute Gasteiger partial charge is 0.127 e. The number of nitrogens with zero attached hydrogens (tertiary/aromatic N) is 1. The topological polar surface area (TPSA) is 24.9 Å². The van der Waals surface area contributed by atoms with Crippen molar-refractivity contribution in [3.8, 4) is 11.8 Å². The molecule has 3 heterocycles. The fourth-order valence-corrected chi connectivity index (χ4v) is 5.12. The first-order chi connectivity index (χ1) is 11.2. The minimum Gasteiger partial charge on any atom is -0.370 e. The lowest BCUT2D eigenvalue weighted by Gasteiger charge is -2.00. The average Bonchev–Trinajstić information content (AvgIpc) is 3.21. The van der Waals surface area contributed by atoms with Crippen LogP contribution in [0.2, 0.25) is 0 Å². The Morgan fingerprint density at radius 2 is 2.22 bits per heavy atom. The summed E-state index contributed by atoms with van der Waals surface area (Å²) in [6, 6.07) is 4.25. The average molecular weight is 361 g/mol. The summed E-state index contributed by atoms with van der Waals surface area (Å²) in [4.78, 5) is 2.72. The standard InChI is InChI=1S/C18H20N2S3/c1-4-6-15-14(9-8-12(2)3)16-17(22-15)18(23-20-16)19-11-13-7-5-10-21-13/h5,7,10,12,19H,4,6,11H2,1-3H3. The van der Waals surface area contributed by atoms with Crippen molar-refractivity contribution in [2.75, 3.05) is 5.32 Å². The molecule has 3 aromatic heterocycles. The molecule has 0 bridgehead atoms. The van der Waals surface area contributed by atoms with Crippen LogP contribution in [0, 0.1) is 17.8 Å². The molecule has 1 N–H and O–H groups in total. The number of aromatic nitrogens is 1. The summed E-state index contributed by atoms with van der Waals surface area (Å²) < 4.78 is 5.96. The van der Waals surface area contributed by atoms with Crippen molar-refractivity contribution in [2.45, 2.75) is 40.2 Å². The Balaban J connectivity index is 1.93. The number of nitrogens with one attached hydrogen (secondary N) is 1. The van der Waals surface area contributed by atoms with Crippen molar-refractivity contribution >= 4 is 49.4 Å². The molecule has 0 atom stereocenters. The second kappa shape index (κ2) is 7.48. The van der Waals surface area contributed by atoms with Gasteiger partial charge in [-0.15, -0.1) is 22.7 Å². The van der Waals surface area contributed by atoms with Crippen LogP contribution in [-0.4, -0.2) is 4.37 Å². The number of aryl methyl sites for hydroxylation is 1. The van der Waals surface area contributed by atoms with Gasteiger partial charge in [-0.3, -0.25) is 0 Å². The SMILES string of the molecule is CCCc1sc2c(NCc3cccs3)snc2c1C#CC(C)C. The number of anilines is 1. The van der Waals surface area contributed by atoms with Gasteiger partial charge in [0.05, 0.1) is 16.8 Å². The van der Waals surface area contributed by atoms with Gasteiger partial charge in [0.1, 0.15) is 10.5 Å². The molecule has 0 unspecified atom stereocenters. The zero-order valence-corrected chi connectivity index (χ0v) is 16.1. The molecule has 0 aromatic carbocycles. The highest BCUT2D eigenvalue weighted by atomic mass is 32.1. The maximum Gasteiger partial charge on any atom is 0.127 e. The molecule has 120 valence electrons. The Kier molecular flexibility index (Phi) is 5.37. The van der Waals surface area contributed by atoms with Gasteiger partial charge >= 0.3 is 0 Å². The van der Waals surface area contributed by atoms with Crippen LogP contribution in [0.5, 0.6) is 0 Å². The van der Waals surface area contributed by atoms with Crippen LogP contribution in [0.3, 0.4) is 0 Å². The molecule has 0 fully saturated rings. The molecule has 0 saturated heterocycles. The molecule has 23 heavy (non-hydrogen) atoms. The fraction of sp³-hybridized carbons (Fsp3) is 0.389. The van der Waals surface area contributed by atoms with Gasteiger partial charge in [-0.05, 0) is 29.4 Å². The van der Waals surface area contributed by atoms with Gasteiger partial charge in [0.15, 0.2) is 0 Å².